The minimum atomic E-state index is 0.0482. The number of hydrogen-bond acceptors (Lipinski definition) is 5. The monoisotopic (exact) mass is 536 g/mol. The maximum absolute atomic E-state index is 12.2. The van der Waals surface area contributed by atoms with Crippen LogP contribution in [-0.2, 0) is 24.9 Å². The molecule has 5 aromatic rings. The number of nitrogens with one attached hydrogen (secondary N) is 1. The number of carbonyl (C=O) groups is 1. The minimum Gasteiger partial charge on any atom is -0.377 e. The topological polar surface area (TPSA) is 79.3 Å². The summed E-state index contributed by atoms with van der Waals surface area (Å²) in [6.45, 7) is 3.46. The molecule has 0 saturated carbocycles. The number of amides is 1. The first-order valence-corrected chi connectivity index (χ1v) is 13.9. The Morgan fingerprint density at radius 1 is 1.07 bits per heavy atom. The van der Waals surface area contributed by atoms with Gasteiger partial charge in [0.2, 0.25) is 0 Å². The zero-order chi connectivity index (χ0) is 27.8. The molecule has 8 nitrogen and oxygen atoms in total. The van der Waals surface area contributed by atoms with E-state index < -0.39 is 0 Å². The number of H-pyrrole nitrogens is 1. The number of nitrogens with zero attached hydrogens (tertiary/aromatic N) is 5. The van der Waals surface area contributed by atoms with Gasteiger partial charge in [-0.25, -0.2) is 9.97 Å². The largest absolute Gasteiger partial charge is 0.377 e. The van der Waals surface area contributed by atoms with Crippen LogP contribution in [0.2, 0.25) is 0 Å². The third kappa shape index (κ3) is 5.00. The fourth-order valence-corrected chi connectivity index (χ4v) is 5.92. The average Bonchev–Trinajstić information content (AvgIpc) is 3.52. The molecule has 1 aliphatic rings. The molecule has 0 unspecified atom stereocenters. The van der Waals surface area contributed by atoms with Crippen molar-refractivity contribution in [1.82, 2.24) is 29.3 Å². The molecule has 0 spiro atoms. The normalized spacial score (nSPS) is 14.8. The maximum atomic E-state index is 12.2. The molecule has 0 bridgehead atoms. The Hall–Kier alpha value is -4.01. The summed E-state index contributed by atoms with van der Waals surface area (Å²) in [4.78, 5) is 29.1. The second kappa shape index (κ2) is 10.9. The summed E-state index contributed by atoms with van der Waals surface area (Å²) >= 11 is 0. The summed E-state index contributed by atoms with van der Waals surface area (Å²) in [6, 6.07) is 19.0. The van der Waals surface area contributed by atoms with Gasteiger partial charge in [0.05, 0.1) is 11.0 Å². The quantitative estimate of drug-likeness (QED) is 0.304. The first-order chi connectivity index (χ1) is 19.4. The lowest BCUT2D eigenvalue weighted by atomic mass is 9.89. The van der Waals surface area contributed by atoms with Gasteiger partial charge in [-0.2, -0.15) is 0 Å². The SMILES string of the molecule is COCc1nc2ccc(-c3ccnc4c3cc(CN3CCC(c5ccc(C(=O)N(C)C)cc5)CC3)n4C)cc2[nH]1. The van der Waals surface area contributed by atoms with E-state index in [0.29, 0.717) is 12.5 Å². The summed E-state index contributed by atoms with van der Waals surface area (Å²) in [5, 5.41) is 1.17. The summed E-state index contributed by atoms with van der Waals surface area (Å²) in [5.74, 6) is 1.41. The van der Waals surface area contributed by atoms with Crippen molar-refractivity contribution in [2.45, 2.75) is 31.9 Å². The van der Waals surface area contributed by atoms with Gasteiger partial charge in [0.1, 0.15) is 18.1 Å². The number of ether oxygens (including phenoxy) is 1. The van der Waals surface area contributed by atoms with Gasteiger partial charge in [0.25, 0.3) is 5.91 Å². The number of aryl methyl sites for hydroxylation is 1. The van der Waals surface area contributed by atoms with E-state index in [1.807, 2.05) is 18.3 Å². The first kappa shape index (κ1) is 26.2. The van der Waals surface area contributed by atoms with Gasteiger partial charge in [-0.15, -0.1) is 0 Å². The smallest absolute Gasteiger partial charge is 0.253 e. The van der Waals surface area contributed by atoms with E-state index >= 15 is 0 Å². The molecule has 1 N–H and O–H groups in total. The fourth-order valence-electron chi connectivity index (χ4n) is 5.92. The summed E-state index contributed by atoms with van der Waals surface area (Å²) in [7, 11) is 7.37. The van der Waals surface area contributed by atoms with Crippen molar-refractivity contribution in [2.75, 3.05) is 34.3 Å². The number of rotatable bonds is 7. The lowest BCUT2D eigenvalue weighted by molar-refractivity contribution is 0.0827. The highest BCUT2D eigenvalue weighted by Gasteiger charge is 2.23. The highest BCUT2D eigenvalue weighted by molar-refractivity contribution is 5.96. The molecule has 4 heterocycles. The van der Waals surface area contributed by atoms with Gasteiger partial charge in [0, 0.05) is 57.6 Å². The molecule has 1 fully saturated rings. The average molecular weight is 537 g/mol. The van der Waals surface area contributed by atoms with Gasteiger partial charge >= 0.3 is 0 Å². The Balaban J connectivity index is 1.17. The Labute approximate surface area is 234 Å². The number of carbonyl (C=O) groups excluding carboxylic acids is 1. The van der Waals surface area contributed by atoms with Crippen molar-refractivity contribution >= 4 is 28.0 Å². The number of pyridine rings is 1. The Kier molecular flexibility index (Phi) is 7.12. The van der Waals surface area contributed by atoms with E-state index in [0.717, 1.165) is 66.1 Å². The van der Waals surface area contributed by atoms with Crippen LogP contribution in [0.4, 0.5) is 0 Å². The van der Waals surface area contributed by atoms with E-state index in [2.05, 4.69) is 68.9 Å². The van der Waals surface area contributed by atoms with Crippen LogP contribution < -0.4 is 0 Å². The van der Waals surface area contributed by atoms with Crippen molar-refractivity contribution in [3.8, 4) is 11.1 Å². The van der Waals surface area contributed by atoms with E-state index in [4.69, 9.17) is 9.72 Å². The van der Waals surface area contributed by atoms with Crippen LogP contribution in [0.25, 0.3) is 33.2 Å². The molecule has 3 aromatic heterocycles. The van der Waals surface area contributed by atoms with Crippen LogP contribution in [0.15, 0.2) is 60.8 Å². The zero-order valence-electron chi connectivity index (χ0n) is 23.6. The fraction of sp³-hybridized carbons (Fsp3) is 0.344. The minimum absolute atomic E-state index is 0.0482. The molecule has 206 valence electrons. The molecule has 1 amide bonds. The van der Waals surface area contributed by atoms with Gasteiger partial charge < -0.3 is 19.2 Å². The van der Waals surface area contributed by atoms with Gasteiger partial charge in [-0.1, -0.05) is 18.2 Å². The highest BCUT2D eigenvalue weighted by atomic mass is 16.5. The highest BCUT2D eigenvalue weighted by Crippen LogP contribution is 2.33. The molecular weight excluding hydrogens is 500 g/mol. The first-order valence-electron chi connectivity index (χ1n) is 13.9. The third-order valence-electron chi connectivity index (χ3n) is 8.16. The van der Waals surface area contributed by atoms with Crippen LogP contribution in [0.1, 0.15) is 46.2 Å². The van der Waals surface area contributed by atoms with Crippen LogP contribution in [0, 0.1) is 0 Å². The number of likely N-dealkylation sites (tertiary alicyclic amines) is 1. The summed E-state index contributed by atoms with van der Waals surface area (Å²) in [6.07, 6.45) is 4.13. The van der Waals surface area contributed by atoms with Crippen molar-refractivity contribution in [1.29, 1.82) is 0 Å². The van der Waals surface area contributed by atoms with Crippen molar-refractivity contribution < 1.29 is 9.53 Å². The van der Waals surface area contributed by atoms with Crippen LogP contribution >= 0.6 is 0 Å². The number of aromatic amines is 1. The van der Waals surface area contributed by atoms with Crippen molar-refractivity contribution in [3.05, 3.63) is 83.4 Å². The van der Waals surface area contributed by atoms with Crippen molar-refractivity contribution in [3.63, 3.8) is 0 Å². The van der Waals surface area contributed by atoms with Crippen LogP contribution in [-0.4, -0.2) is 69.5 Å². The molecule has 0 atom stereocenters. The summed E-state index contributed by atoms with van der Waals surface area (Å²) < 4.78 is 7.47. The van der Waals surface area contributed by atoms with Crippen LogP contribution in [0.5, 0.6) is 0 Å². The predicted molar refractivity (Wildman–Crippen MR) is 158 cm³/mol. The number of imidazole rings is 1. The standard InChI is InChI=1S/C32H36N6O2/c1-36(2)32(39)23-7-5-21(6-8-23)22-12-15-38(16-13-22)19-25-18-27-26(11-14-33-31(27)37(25)3)24-9-10-28-29(17-24)35-30(34-28)20-40-4/h5-11,14,17-18,22H,12-13,15-16,19-20H2,1-4H3,(H,34,35). The molecular formula is C32H36N6O2. The number of hydrogen-bond donors (Lipinski definition) is 1. The van der Waals surface area contributed by atoms with E-state index in [1.165, 1.54) is 22.2 Å². The third-order valence-corrected chi connectivity index (χ3v) is 8.16. The van der Waals surface area contributed by atoms with E-state index in [9.17, 15) is 4.79 Å². The van der Waals surface area contributed by atoms with Gasteiger partial charge in [-0.3, -0.25) is 9.69 Å². The number of piperidine rings is 1. The molecule has 40 heavy (non-hydrogen) atoms. The molecule has 0 aliphatic carbocycles. The Bertz CT molecular complexity index is 1660. The molecule has 0 radical (unpaired) electrons. The molecule has 8 heteroatoms. The van der Waals surface area contributed by atoms with Crippen molar-refractivity contribution in [2.24, 2.45) is 7.05 Å². The Morgan fingerprint density at radius 3 is 2.58 bits per heavy atom. The van der Waals surface area contributed by atoms with E-state index in [-0.39, 0.29) is 5.91 Å². The summed E-state index contributed by atoms with van der Waals surface area (Å²) in [5.41, 5.74) is 8.61. The Morgan fingerprint density at radius 2 is 1.85 bits per heavy atom. The predicted octanol–water partition coefficient (Wildman–Crippen LogP) is 5.34. The second-order valence-corrected chi connectivity index (χ2v) is 11.0. The lowest BCUT2D eigenvalue weighted by Crippen LogP contribution is -2.33. The molecule has 2 aromatic carbocycles. The number of aromatic nitrogens is 4. The number of fused-ring (bicyclic) bond motifs is 2. The van der Waals surface area contributed by atoms with Crippen LogP contribution in [0.3, 0.4) is 0 Å². The maximum Gasteiger partial charge on any atom is 0.253 e. The van der Waals surface area contributed by atoms with E-state index in [1.54, 1.807) is 26.1 Å². The molecule has 1 saturated heterocycles. The second-order valence-electron chi connectivity index (χ2n) is 11.0. The number of methoxy groups -OCH3 is 1. The zero-order valence-corrected chi connectivity index (χ0v) is 23.6. The van der Waals surface area contributed by atoms with Gasteiger partial charge in [-0.05, 0) is 84.9 Å². The molecule has 1 aliphatic heterocycles. The lowest BCUT2D eigenvalue weighted by Gasteiger charge is -2.32. The molecule has 6 rings (SSSR count). The number of benzene rings is 2. The van der Waals surface area contributed by atoms with Gasteiger partial charge in [0.15, 0.2) is 0 Å².